The standard InChI is InChI=1S/C14H20BrN3O2/c1-9(2)17-12-7-13(15)16-8-11(12)14(19)18-10-3-5-20-6-4-10/h7-10H,3-6H2,1-2H3,(H,16,17)(H,18,19). The van der Waals surface area contributed by atoms with E-state index in [1.54, 1.807) is 6.20 Å². The largest absolute Gasteiger partial charge is 0.382 e. The van der Waals surface area contributed by atoms with E-state index in [1.165, 1.54) is 0 Å². The van der Waals surface area contributed by atoms with E-state index in [1.807, 2.05) is 19.9 Å². The first-order chi connectivity index (χ1) is 9.56. The highest BCUT2D eigenvalue weighted by Gasteiger charge is 2.19. The Morgan fingerprint density at radius 3 is 2.80 bits per heavy atom. The van der Waals surface area contributed by atoms with E-state index in [0.717, 1.165) is 18.5 Å². The number of amides is 1. The third-order valence-electron chi connectivity index (χ3n) is 3.12. The minimum absolute atomic E-state index is 0.0833. The first-order valence-corrected chi connectivity index (χ1v) is 7.66. The Kier molecular flexibility index (Phi) is 5.37. The van der Waals surface area contributed by atoms with E-state index in [2.05, 4.69) is 31.5 Å². The number of carbonyl (C=O) groups is 1. The lowest BCUT2D eigenvalue weighted by Gasteiger charge is -2.24. The first kappa shape index (κ1) is 15.3. The summed E-state index contributed by atoms with van der Waals surface area (Å²) >= 11 is 3.33. The highest BCUT2D eigenvalue weighted by molar-refractivity contribution is 9.10. The first-order valence-electron chi connectivity index (χ1n) is 6.87. The van der Waals surface area contributed by atoms with E-state index in [-0.39, 0.29) is 18.0 Å². The van der Waals surface area contributed by atoms with Crippen LogP contribution in [0.1, 0.15) is 37.0 Å². The molecule has 0 aliphatic carbocycles. The van der Waals surface area contributed by atoms with Crippen molar-refractivity contribution in [2.45, 2.75) is 38.8 Å². The van der Waals surface area contributed by atoms with Crippen molar-refractivity contribution in [3.05, 3.63) is 22.4 Å². The molecule has 1 aromatic heterocycles. The average molecular weight is 342 g/mol. The molecular formula is C14H20BrN3O2. The lowest BCUT2D eigenvalue weighted by Crippen LogP contribution is -2.39. The second-order valence-electron chi connectivity index (χ2n) is 5.21. The van der Waals surface area contributed by atoms with Gasteiger partial charge in [-0.2, -0.15) is 0 Å². The topological polar surface area (TPSA) is 63.2 Å². The van der Waals surface area contributed by atoms with Crippen molar-refractivity contribution in [3.8, 4) is 0 Å². The van der Waals surface area contributed by atoms with Crippen LogP contribution in [0.5, 0.6) is 0 Å². The fourth-order valence-corrected chi connectivity index (χ4v) is 2.48. The van der Waals surface area contributed by atoms with Gasteiger partial charge in [-0.1, -0.05) is 0 Å². The fraction of sp³-hybridized carbons (Fsp3) is 0.571. The van der Waals surface area contributed by atoms with Gasteiger partial charge in [0.25, 0.3) is 5.91 Å². The van der Waals surface area contributed by atoms with Crippen LogP contribution >= 0.6 is 15.9 Å². The summed E-state index contributed by atoms with van der Waals surface area (Å²) in [6.07, 6.45) is 3.33. The summed E-state index contributed by atoms with van der Waals surface area (Å²) < 4.78 is 6.01. The van der Waals surface area contributed by atoms with Gasteiger partial charge in [0.1, 0.15) is 4.60 Å². The molecule has 2 N–H and O–H groups in total. The van der Waals surface area contributed by atoms with Crippen LogP contribution in [0.3, 0.4) is 0 Å². The highest BCUT2D eigenvalue weighted by atomic mass is 79.9. The van der Waals surface area contributed by atoms with Crippen LogP contribution in [0.4, 0.5) is 5.69 Å². The Morgan fingerprint density at radius 2 is 2.15 bits per heavy atom. The Balaban J connectivity index is 2.11. The average Bonchev–Trinajstić information content (AvgIpc) is 2.39. The minimum Gasteiger partial charge on any atom is -0.382 e. The van der Waals surface area contributed by atoms with Crippen LogP contribution < -0.4 is 10.6 Å². The monoisotopic (exact) mass is 341 g/mol. The van der Waals surface area contributed by atoms with Gasteiger partial charge >= 0.3 is 0 Å². The second-order valence-corrected chi connectivity index (χ2v) is 6.02. The quantitative estimate of drug-likeness (QED) is 0.826. The third kappa shape index (κ3) is 4.18. The zero-order valence-electron chi connectivity index (χ0n) is 11.8. The molecule has 1 fully saturated rings. The number of hydrogen-bond donors (Lipinski definition) is 2. The van der Waals surface area contributed by atoms with Crippen LogP contribution in [-0.4, -0.2) is 36.2 Å². The van der Waals surface area contributed by atoms with Crippen molar-refractivity contribution in [2.75, 3.05) is 18.5 Å². The number of rotatable bonds is 4. The number of aromatic nitrogens is 1. The molecule has 110 valence electrons. The van der Waals surface area contributed by atoms with Gasteiger partial charge in [0.15, 0.2) is 0 Å². The molecule has 5 nitrogen and oxygen atoms in total. The lowest BCUT2D eigenvalue weighted by molar-refractivity contribution is 0.0696. The van der Waals surface area contributed by atoms with Gasteiger partial charge < -0.3 is 15.4 Å². The molecule has 0 aromatic carbocycles. The van der Waals surface area contributed by atoms with Crippen molar-refractivity contribution in [1.82, 2.24) is 10.3 Å². The van der Waals surface area contributed by atoms with Crippen LogP contribution in [-0.2, 0) is 4.74 Å². The molecule has 1 aliphatic heterocycles. The summed E-state index contributed by atoms with van der Waals surface area (Å²) in [5.74, 6) is -0.0833. The van der Waals surface area contributed by atoms with Gasteiger partial charge in [0.2, 0.25) is 0 Å². The Hall–Kier alpha value is -1.14. The fourth-order valence-electron chi connectivity index (χ4n) is 2.15. The maximum atomic E-state index is 12.4. The molecule has 0 saturated carbocycles. The number of pyridine rings is 1. The van der Waals surface area contributed by atoms with Crippen molar-refractivity contribution in [3.63, 3.8) is 0 Å². The van der Waals surface area contributed by atoms with E-state index in [4.69, 9.17) is 4.74 Å². The van der Waals surface area contributed by atoms with Gasteiger partial charge in [-0.15, -0.1) is 0 Å². The molecule has 0 spiro atoms. The summed E-state index contributed by atoms with van der Waals surface area (Å²) in [7, 11) is 0. The van der Waals surface area contributed by atoms with Gasteiger partial charge in [-0.3, -0.25) is 4.79 Å². The summed E-state index contributed by atoms with van der Waals surface area (Å²) in [6, 6.07) is 2.27. The number of nitrogens with one attached hydrogen (secondary N) is 2. The smallest absolute Gasteiger partial charge is 0.255 e. The molecule has 1 amide bonds. The van der Waals surface area contributed by atoms with Crippen molar-refractivity contribution < 1.29 is 9.53 Å². The predicted octanol–water partition coefficient (Wildman–Crippen LogP) is 2.57. The second kappa shape index (κ2) is 7.04. The Morgan fingerprint density at radius 1 is 1.45 bits per heavy atom. The molecule has 2 heterocycles. The molecule has 0 unspecified atom stereocenters. The van der Waals surface area contributed by atoms with E-state index >= 15 is 0 Å². The number of hydrogen-bond acceptors (Lipinski definition) is 4. The van der Waals surface area contributed by atoms with Gasteiger partial charge in [0, 0.05) is 31.5 Å². The van der Waals surface area contributed by atoms with Gasteiger partial charge in [-0.25, -0.2) is 4.98 Å². The molecule has 0 atom stereocenters. The van der Waals surface area contributed by atoms with E-state index in [0.29, 0.717) is 23.4 Å². The van der Waals surface area contributed by atoms with Gasteiger partial charge in [0.05, 0.1) is 11.3 Å². The van der Waals surface area contributed by atoms with Gasteiger partial charge in [-0.05, 0) is 48.7 Å². The molecule has 1 saturated heterocycles. The molecule has 1 aromatic rings. The van der Waals surface area contributed by atoms with Crippen LogP contribution in [0.2, 0.25) is 0 Å². The normalized spacial score (nSPS) is 16.2. The third-order valence-corrected chi connectivity index (χ3v) is 3.55. The zero-order chi connectivity index (χ0) is 14.5. The molecule has 0 radical (unpaired) electrons. The molecule has 6 heteroatoms. The summed E-state index contributed by atoms with van der Waals surface area (Å²) in [6.45, 7) is 5.49. The molecule has 0 bridgehead atoms. The maximum absolute atomic E-state index is 12.4. The number of nitrogens with zero attached hydrogens (tertiary/aromatic N) is 1. The van der Waals surface area contributed by atoms with Crippen molar-refractivity contribution in [1.29, 1.82) is 0 Å². The van der Waals surface area contributed by atoms with Crippen LogP contribution in [0, 0.1) is 0 Å². The van der Waals surface area contributed by atoms with E-state index < -0.39 is 0 Å². The number of ether oxygens (including phenoxy) is 1. The molecule has 1 aliphatic rings. The number of halogens is 1. The molecular weight excluding hydrogens is 322 g/mol. The van der Waals surface area contributed by atoms with Crippen molar-refractivity contribution in [2.24, 2.45) is 0 Å². The number of carbonyl (C=O) groups excluding carboxylic acids is 1. The zero-order valence-corrected chi connectivity index (χ0v) is 13.4. The highest BCUT2D eigenvalue weighted by Crippen LogP contribution is 2.20. The molecule has 20 heavy (non-hydrogen) atoms. The Labute approximate surface area is 127 Å². The van der Waals surface area contributed by atoms with Crippen molar-refractivity contribution >= 4 is 27.5 Å². The van der Waals surface area contributed by atoms with Crippen LogP contribution in [0.25, 0.3) is 0 Å². The number of anilines is 1. The Bertz CT molecular complexity index is 473. The predicted molar refractivity (Wildman–Crippen MR) is 82.0 cm³/mol. The summed E-state index contributed by atoms with van der Waals surface area (Å²) in [5, 5.41) is 6.33. The SMILES string of the molecule is CC(C)Nc1cc(Br)ncc1C(=O)NC1CCOCC1. The maximum Gasteiger partial charge on any atom is 0.255 e. The van der Waals surface area contributed by atoms with Crippen LogP contribution in [0.15, 0.2) is 16.9 Å². The summed E-state index contributed by atoms with van der Waals surface area (Å²) in [5.41, 5.74) is 1.37. The minimum atomic E-state index is -0.0833. The van der Waals surface area contributed by atoms with E-state index in [9.17, 15) is 4.79 Å². The lowest BCUT2D eigenvalue weighted by atomic mass is 10.1. The summed E-state index contributed by atoms with van der Waals surface area (Å²) in [4.78, 5) is 16.5. The molecule has 2 rings (SSSR count).